The number of para-hydroxylation sites is 3. The second kappa shape index (κ2) is 6.16. The Morgan fingerprint density at radius 3 is 2.81 bits per heavy atom. The van der Waals surface area contributed by atoms with Gasteiger partial charge in [0.2, 0.25) is 5.91 Å². The highest BCUT2D eigenvalue weighted by atomic mass is 16.4. The van der Waals surface area contributed by atoms with Crippen LogP contribution in [-0.4, -0.2) is 35.4 Å². The van der Waals surface area contributed by atoms with Crippen LogP contribution in [0.3, 0.4) is 0 Å². The third kappa shape index (κ3) is 2.55. The molecule has 0 radical (unpaired) electrons. The van der Waals surface area contributed by atoms with Crippen LogP contribution in [0.25, 0.3) is 11.1 Å². The molecule has 1 fully saturated rings. The van der Waals surface area contributed by atoms with E-state index in [1.807, 2.05) is 29.2 Å². The zero-order chi connectivity index (χ0) is 17.5. The maximum Gasteiger partial charge on any atom is 0.303 e. The highest BCUT2D eigenvalue weighted by Crippen LogP contribution is 2.42. The molecule has 26 heavy (non-hydrogen) atoms. The van der Waals surface area contributed by atoms with Gasteiger partial charge in [-0.2, -0.15) is 4.98 Å². The van der Waals surface area contributed by atoms with Gasteiger partial charge in [0, 0.05) is 37.7 Å². The third-order valence-corrected chi connectivity index (χ3v) is 5.50. The average molecular weight is 347 g/mol. The SMILES string of the molecule is O=C1CCCN1CCC1CN(c2nc3ccccc3o2)c2ccccc21. The predicted octanol–water partition coefficient (Wildman–Crippen LogP) is 4.08. The Labute approximate surface area is 152 Å². The largest absolute Gasteiger partial charge is 0.423 e. The van der Waals surface area contributed by atoms with Crippen LogP contribution in [0.15, 0.2) is 52.9 Å². The van der Waals surface area contributed by atoms with Gasteiger partial charge in [-0.15, -0.1) is 0 Å². The molecule has 1 aromatic heterocycles. The minimum Gasteiger partial charge on any atom is -0.423 e. The van der Waals surface area contributed by atoms with Crippen LogP contribution in [-0.2, 0) is 4.79 Å². The summed E-state index contributed by atoms with van der Waals surface area (Å²) in [5.74, 6) is 0.682. The molecule has 3 heterocycles. The number of amides is 1. The molecule has 5 nitrogen and oxygen atoms in total. The van der Waals surface area contributed by atoms with Gasteiger partial charge in [-0.3, -0.25) is 9.69 Å². The molecule has 132 valence electrons. The normalized spacial score (nSPS) is 19.5. The molecule has 0 aliphatic carbocycles. The molecule has 2 aliphatic rings. The molecule has 2 aliphatic heterocycles. The van der Waals surface area contributed by atoms with Gasteiger partial charge in [-0.05, 0) is 36.6 Å². The van der Waals surface area contributed by atoms with Crippen LogP contribution in [0, 0.1) is 0 Å². The van der Waals surface area contributed by atoms with E-state index < -0.39 is 0 Å². The van der Waals surface area contributed by atoms with Crippen molar-refractivity contribution >= 4 is 28.7 Å². The quantitative estimate of drug-likeness (QED) is 0.714. The third-order valence-electron chi connectivity index (χ3n) is 5.50. The molecule has 3 aromatic rings. The number of benzene rings is 2. The molecule has 0 saturated carbocycles. The molecule has 2 aromatic carbocycles. The van der Waals surface area contributed by atoms with Gasteiger partial charge in [-0.25, -0.2) is 0 Å². The maximum atomic E-state index is 11.9. The number of fused-ring (bicyclic) bond motifs is 2. The molecule has 1 saturated heterocycles. The topological polar surface area (TPSA) is 49.6 Å². The number of anilines is 2. The first-order chi connectivity index (χ1) is 12.8. The zero-order valence-corrected chi connectivity index (χ0v) is 14.6. The van der Waals surface area contributed by atoms with E-state index in [4.69, 9.17) is 4.42 Å². The van der Waals surface area contributed by atoms with E-state index in [0.29, 0.717) is 24.3 Å². The van der Waals surface area contributed by atoms with Crippen molar-refractivity contribution < 1.29 is 9.21 Å². The van der Waals surface area contributed by atoms with Gasteiger partial charge in [0.1, 0.15) is 5.52 Å². The Bertz CT molecular complexity index is 932. The van der Waals surface area contributed by atoms with Gasteiger partial charge in [0.15, 0.2) is 5.58 Å². The van der Waals surface area contributed by atoms with Crippen molar-refractivity contribution in [1.82, 2.24) is 9.88 Å². The van der Waals surface area contributed by atoms with Gasteiger partial charge < -0.3 is 9.32 Å². The number of likely N-dealkylation sites (tertiary alicyclic amines) is 1. The standard InChI is InChI=1S/C21H21N3O2/c25-20-10-5-12-23(20)13-11-15-14-24(18-8-3-1-6-16(15)18)21-22-17-7-2-4-9-19(17)26-21/h1-4,6-9,15H,5,10-14H2. The van der Waals surface area contributed by atoms with E-state index in [9.17, 15) is 4.79 Å². The van der Waals surface area contributed by atoms with Crippen LogP contribution in [0.1, 0.15) is 30.7 Å². The number of hydrogen-bond donors (Lipinski definition) is 0. The summed E-state index contributed by atoms with van der Waals surface area (Å²) in [6, 6.07) is 17.0. The van der Waals surface area contributed by atoms with E-state index >= 15 is 0 Å². The average Bonchev–Trinajstić information content (AvgIpc) is 3.36. The fourth-order valence-electron chi connectivity index (χ4n) is 4.15. The summed E-state index contributed by atoms with van der Waals surface area (Å²) in [4.78, 5) is 20.7. The second-order valence-corrected chi connectivity index (χ2v) is 7.10. The van der Waals surface area contributed by atoms with Crippen LogP contribution < -0.4 is 4.90 Å². The lowest BCUT2D eigenvalue weighted by Gasteiger charge is -2.19. The number of hydrogen-bond acceptors (Lipinski definition) is 4. The van der Waals surface area contributed by atoms with Gasteiger partial charge in [0.25, 0.3) is 0 Å². The predicted molar refractivity (Wildman–Crippen MR) is 101 cm³/mol. The lowest BCUT2D eigenvalue weighted by molar-refractivity contribution is -0.127. The van der Waals surface area contributed by atoms with Gasteiger partial charge in [0.05, 0.1) is 0 Å². The Morgan fingerprint density at radius 1 is 1.12 bits per heavy atom. The molecular weight excluding hydrogens is 326 g/mol. The van der Waals surface area contributed by atoms with Crippen molar-refractivity contribution in [3.8, 4) is 0 Å². The Kier molecular flexibility index (Phi) is 3.66. The van der Waals surface area contributed by atoms with Crippen molar-refractivity contribution in [2.75, 3.05) is 24.5 Å². The fraction of sp³-hybridized carbons (Fsp3) is 0.333. The minimum atomic E-state index is 0.298. The first-order valence-corrected chi connectivity index (χ1v) is 9.29. The van der Waals surface area contributed by atoms with Gasteiger partial charge in [-0.1, -0.05) is 30.3 Å². The zero-order valence-electron chi connectivity index (χ0n) is 14.6. The maximum absolute atomic E-state index is 11.9. The summed E-state index contributed by atoms with van der Waals surface area (Å²) in [6.45, 7) is 2.58. The summed E-state index contributed by atoms with van der Waals surface area (Å²) >= 11 is 0. The van der Waals surface area contributed by atoms with Crippen LogP contribution in [0.5, 0.6) is 0 Å². The highest BCUT2D eigenvalue weighted by Gasteiger charge is 2.32. The Balaban J connectivity index is 1.42. The number of nitrogens with zero attached hydrogens (tertiary/aromatic N) is 3. The first kappa shape index (κ1) is 15.4. The van der Waals surface area contributed by atoms with Crippen LogP contribution >= 0.6 is 0 Å². The van der Waals surface area contributed by atoms with Crippen molar-refractivity contribution in [2.24, 2.45) is 0 Å². The summed E-state index contributed by atoms with van der Waals surface area (Å²) in [5, 5.41) is 0. The van der Waals surface area contributed by atoms with Gasteiger partial charge >= 0.3 is 6.01 Å². The number of carbonyl (C=O) groups excluding carboxylic acids is 1. The molecule has 5 rings (SSSR count). The Morgan fingerprint density at radius 2 is 1.96 bits per heavy atom. The molecule has 1 atom stereocenters. The molecule has 1 amide bonds. The van der Waals surface area contributed by atoms with Crippen molar-refractivity contribution in [2.45, 2.75) is 25.2 Å². The summed E-state index contributed by atoms with van der Waals surface area (Å²) in [5.41, 5.74) is 4.18. The lowest BCUT2D eigenvalue weighted by atomic mass is 9.98. The fourth-order valence-corrected chi connectivity index (χ4v) is 4.15. The molecule has 0 bridgehead atoms. The monoisotopic (exact) mass is 347 g/mol. The van der Waals surface area contributed by atoms with Crippen LogP contribution in [0.4, 0.5) is 11.7 Å². The van der Waals surface area contributed by atoms with E-state index in [2.05, 4.69) is 34.1 Å². The molecule has 1 unspecified atom stereocenters. The number of rotatable bonds is 4. The minimum absolute atomic E-state index is 0.298. The van der Waals surface area contributed by atoms with E-state index in [-0.39, 0.29) is 0 Å². The van der Waals surface area contributed by atoms with E-state index in [0.717, 1.165) is 49.3 Å². The van der Waals surface area contributed by atoms with Crippen molar-refractivity contribution in [3.05, 3.63) is 54.1 Å². The Hall–Kier alpha value is -2.82. The first-order valence-electron chi connectivity index (χ1n) is 9.29. The molecule has 5 heteroatoms. The lowest BCUT2D eigenvalue weighted by Crippen LogP contribution is -2.27. The summed E-state index contributed by atoms with van der Waals surface area (Å²) in [7, 11) is 0. The van der Waals surface area contributed by atoms with Crippen molar-refractivity contribution in [3.63, 3.8) is 0 Å². The second-order valence-electron chi connectivity index (χ2n) is 7.10. The van der Waals surface area contributed by atoms with E-state index in [1.165, 1.54) is 5.56 Å². The summed E-state index contributed by atoms with van der Waals surface area (Å²) in [6.07, 6.45) is 2.67. The number of aromatic nitrogens is 1. The van der Waals surface area contributed by atoms with E-state index in [1.54, 1.807) is 0 Å². The molecule has 0 spiro atoms. The molecular formula is C21H21N3O2. The highest BCUT2D eigenvalue weighted by molar-refractivity contribution is 5.78. The number of oxazole rings is 1. The smallest absolute Gasteiger partial charge is 0.303 e. The molecule has 0 N–H and O–H groups in total. The summed E-state index contributed by atoms with van der Waals surface area (Å²) < 4.78 is 6.00. The van der Waals surface area contributed by atoms with Crippen LogP contribution in [0.2, 0.25) is 0 Å². The van der Waals surface area contributed by atoms with Crippen molar-refractivity contribution in [1.29, 1.82) is 0 Å². The number of carbonyl (C=O) groups is 1.